The first-order valence-electron chi connectivity index (χ1n) is 8.80. The van der Waals surface area contributed by atoms with Crippen LogP contribution < -0.4 is 14.2 Å². The van der Waals surface area contributed by atoms with E-state index in [-0.39, 0.29) is 5.91 Å². The summed E-state index contributed by atoms with van der Waals surface area (Å²) in [5.41, 5.74) is 1.90. The van der Waals surface area contributed by atoms with E-state index in [1.165, 1.54) is 29.3 Å². The molecule has 0 N–H and O–H groups in total. The standard InChI is InChI=1S/C21H20ClNO4S2/c1-13-4-6-15(7-5-13)26-8-9-27-19-16(22)10-14(11-17(19)25-3)12-18-20(24)23(2)21(28)29-18/h4-7,10-12H,8-9H2,1-3H3/b18-12+. The number of hydrogen-bond donors (Lipinski definition) is 0. The molecule has 29 heavy (non-hydrogen) atoms. The monoisotopic (exact) mass is 449 g/mol. The number of benzene rings is 2. The molecule has 1 heterocycles. The fraction of sp³-hybridized carbons (Fsp3) is 0.238. The Balaban J connectivity index is 1.68. The Bertz CT molecular complexity index is 960. The second kappa shape index (κ2) is 9.52. The average Bonchev–Trinajstić information content (AvgIpc) is 2.94. The molecule has 0 aromatic heterocycles. The lowest BCUT2D eigenvalue weighted by molar-refractivity contribution is -0.121. The molecule has 0 saturated carbocycles. The predicted molar refractivity (Wildman–Crippen MR) is 121 cm³/mol. The summed E-state index contributed by atoms with van der Waals surface area (Å²) in [5.74, 6) is 1.55. The van der Waals surface area contributed by atoms with Gasteiger partial charge in [-0.2, -0.15) is 0 Å². The lowest BCUT2D eigenvalue weighted by atomic mass is 10.2. The van der Waals surface area contributed by atoms with Gasteiger partial charge in [0, 0.05) is 7.05 Å². The topological polar surface area (TPSA) is 48.0 Å². The molecule has 0 bridgehead atoms. The smallest absolute Gasteiger partial charge is 0.265 e. The minimum atomic E-state index is -0.135. The molecule has 0 radical (unpaired) electrons. The summed E-state index contributed by atoms with van der Waals surface area (Å²) in [6.45, 7) is 2.69. The van der Waals surface area contributed by atoms with Gasteiger partial charge < -0.3 is 14.2 Å². The van der Waals surface area contributed by atoms with E-state index >= 15 is 0 Å². The summed E-state index contributed by atoms with van der Waals surface area (Å²) in [4.78, 5) is 14.2. The highest BCUT2D eigenvalue weighted by Crippen LogP contribution is 2.38. The van der Waals surface area contributed by atoms with Crippen LogP contribution in [0.2, 0.25) is 5.02 Å². The van der Waals surface area contributed by atoms with Crippen LogP contribution in [-0.2, 0) is 4.79 Å². The van der Waals surface area contributed by atoms with Crippen molar-refractivity contribution in [1.29, 1.82) is 0 Å². The van der Waals surface area contributed by atoms with Crippen LogP contribution in [0.15, 0.2) is 41.3 Å². The highest BCUT2D eigenvalue weighted by Gasteiger charge is 2.28. The predicted octanol–water partition coefficient (Wildman–Crippen LogP) is 4.95. The molecular weight excluding hydrogens is 430 g/mol. The van der Waals surface area contributed by atoms with Gasteiger partial charge in [-0.25, -0.2) is 0 Å². The fourth-order valence-electron chi connectivity index (χ4n) is 2.60. The van der Waals surface area contributed by atoms with Gasteiger partial charge >= 0.3 is 0 Å². The van der Waals surface area contributed by atoms with E-state index in [0.29, 0.717) is 39.0 Å². The molecule has 5 nitrogen and oxygen atoms in total. The number of hydrogen-bond acceptors (Lipinski definition) is 6. The molecule has 1 aliphatic rings. The number of thiocarbonyl (C=S) groups is 1. The number of ether oxygens (including phenoxy) is 3. The van der Waals surface area contributed by atoms with Gasteiger partial charge in [-0.1, -0.05) is 53.3 Å². The summed E-state index contributed by atoms with van der Waals surface area (Å²) in [6, 6.07) is 11.3. The van der Waals surface area contributed by atoms with Crippen molar-refractivity contribution in [3.05, 3.63) is 57.5 Å². The highest BCUT2D eigenvalue weighted by atomic mass is 35.5. The van der Waals surface area contributed by atoms with Crippen molar-refractivity contribution in [3.8, 4) is 17.2 Å². The second-order valence-corrected chi connectivity index (χ2v) is 8.37. The van der Waals surface area contributed by atoms with Crippen molar-refractivity contribution >= 4 is 51.9 Å². The first-order chi connectivity index (χ1) is 13.9. The van der Waals surface area contributed by atoms with Gasteiger partial charge in [0.1, 0.15) is 23.3 Å². The average molecular weight is 450 g/mol. The highest BCUT2D eigenvalue weighted by molar-refractivity contribution is 8.26. The van der Waals surface area contributed by atoms with E-state index in [9.17, 15) is 4.79 Å². The largest absolute Gasteiger partial charge is 0.493 e. The molecule has 3 rings (SSSR count). The Morgan fingerprint density at radius 2 is 1.86 bits per heavy atom. The first kappa shape index (κ1) is 21.5. The van der Waals surface area contributed by atoms with Crippen LogP contribution in [0.5, 0.6) is 17.2 Å². The van der Waals surface area contributed by atoms with Crippen LogP contribution in [0, 0.1) is 6.92 Å². The van der Waals surface area contributed by atoms with Crippen LogP contribution in [-0.4, -0.2) is 42.5 Å². The third-order valence-corrected chi connectivity index (χ3v) is 5.92. The summed E-state index contributed by atoms with van der Waals surface area (Å²) < 4.78 is 17.4. The Morgan fingerprint density at radius 3 is 2.48 bits per heavy atom. The van der Waals surface area contributed by atoms with Crippen LogP contribution >= 0.6 is 35.6 Å². The van der Waals surface area contributed by atoms with Gasteiger partial charge in [0.15, 0.2) is 11.5 Å². The van der Waals surface area contributed by atoms with Crippen LogP contribution in [0.1, 0.15) is 11.1 Å². The Kier molecular flexibility index (Phi) is 7.05. The molecule has 0 spiro atoms. The lowest BCUT2D eigenvalue weighted by Gasteiger charge is -2.14. The van der Waals surface area contributed by atoms with E-state index in [2.05, 4.69) is 0 Å². The minimum absolute atomic E-state index is 0.135. The van der Waals surface area contributed by atoms with Gasteiger partial charge in [-0.3, -0.25) is 9.69 Å². The van der Waals surface area contributed by atoms with Crippen LogP contribution in [0.4, 0.5) is 0 Å². The lowest BCUT2D eigenvalue weighted by Crippen LogP contribution is -2.22. The number of thioether (sulfide) groups is 1. The molecule has 0 atom stereocenters. The van der Waals surface area contributed by atoms with Crippen molar-refractivity contribution < 1.29 is 19.0 Å². The van der Waals surface area contributed by atoms with E-state index in [4.69, 9.17) is 38.0 Å². The maximum Gasteiger partial charge on any atom is 0.265 e. The third kappa shape index (κ3) is 5.23. The van der Waals surface area contributed by atoms with E-state index in [1.807, 2.05) is 31.2 Å². The molecule has 152 valence electrons. The molecule has 1 amide bonds. The van der Waals surface area contributed by atoms with Gasteiger partial charge in [0.2, 0.25) is 0 Å². The minimum Gasteiger partial charge on any atom is -0.493 e. The van der Waals surface area contributed by atoms with E-state index in [0.717, 1.165) is 11.3 Å². The first-order valence-corrected chi connectivity index (χ1v) is 10.4. The number of likely N-dealkylation sites (N-methyl/N-ethyl adjacent to an activating group) is 1. The summed E-state index contributed by atoms with van der Waals surface area (Å²) in [6.07, 6.45) is 1.74. The van der Waals surface area contributed by atoms with E-state index < -0.39 is 0 Å². The number of rotatable bonds is 7. The van der Waals surface area contributed by atoms with E-state index in [1.54, 1.807) is 25.3 Å². The van der Waals surface area contributed by atoms with Gasteiger partial charge in [-0.05, 0) is 42.8 Å². The van der Waals surface area contributed by atoms with Crippen molar-refractivity contribution in [2.24, 2.45) is 0 Å². The molecule has 2 aromatic rings. The maximum atomic E-state index is 12.2. The Hall–Kier alpha value is -2.22. The normalized spacial score (nSPS) is 15.2. The number of halogens is 1. The molecule has 1 fully saturated rings. The molecule has 0 unspecified atom stereocenters. The number of carbonyl (C=O) groups excluding carboxylic acids is 1. The molecule has 0 aliphatic carbocycles. The number of carbonyl (C=O) groups is 1. The molecular formula is C21H20ClNO4S2. The quantitative estimate of drug-likeness (QED) is 0.339. The molecule has 1 saturated heterocycles. The summed E-state index contributed by atoms with van der Waals surface area (Å²) in [7, 11) is 3.19. The zero-order chi connectivity index (χ0) is 21.0. The third-order valence-electron chi connectivity index (χ3n) is 4.16. The zero-order valence-corrected chi connectivity index (χ0v) is 18.6. The number of amides is 1. The van der Waals surface area contributed by atoms with Crippen molar-refractivity contribution in [2.75, 3.05) is 27.4 Å². The van der Waals surface area contributed by atoms with Crippen molar-refractivity contribution in [1.82, 2.24) is 4.90 Å². The number of aryl methyl sites for hydroxylation is 1. The zero-order valence-electron chi connectivity index (χ0n) is 16.2. The maximum absolute atomic E-state index is 12.2. The Morgan fingerprint density at radius 1 is 1.17 bits per heavy atom. The second-order valence-electron chi connectivity index (χ2n) is 6.28. The van der Waals surface area contributed by atoms with Gasteiger partial charge in [0.05, 0.1) is 17.0 Å². The number of nitrogens with zero attached hydrogens (tertiary/aromatic N) is 1. The van der Waals surface area contributed by atoms with Crippen LogP contribution in [0.3, 0.4) is 0 Å². The SMILES string of the molecule is COc1cc(/C=C2/SC(=S)N(C)C2=O)cc(Cl)c1OCCOc1ccc(C)cc1. The Labute approximate surface area is 184 Å². The van der Waals surface area contributed by atoms with Gasteiger partial charge in [0.25, 0.3) is 5.91 Å². The van der Waals surface area contributed by atoms with Crippen molar-refractivity contribution in [2.45, 2.75) is 6.92 Å². The molecule has 1 aliphatic heterocycles. The fourth-order valence-corrected chi connectivity index (χ4v) is 4.05. The van der Waals surface area contributed by atoms with Crippen molar-refractivity contribution in [3.63, 3.8) is 0 Å². The molecule has 8 heteroatoms. The molecule has 2 aromatic carbocycles. The number of methoxy groups -OCH3 is 1. The van der Waals surface area contributed by atoms with Crippen LogP contribution in [0.25, 0.3) is 6.08 Å². The summed E-state index contributed by atoms with van der Waals surface area (Å²) >= 11 is 12.8. The summed E-state index contributed by atoms with van der Waals surface area (Å²) in [5, 5.41) is 0.387. The van der Waals surface area contributed by atoms with Gasteiger partial charge in [-0.15, -0.1) is 0 Å².